The van der Waals surface area contributed by atoms with Crippen LogP contribution in [0.25, 0.3) is 0 Å². The average molecular weight is 216 g/mol. The Kier molecular flexibility index (Phi) is 5.93. The Morgan fingerprint density at radius 3 is 2.27 bits per heavy atom. The van der Waals surface area contributed by atoms with E-state index in [1.54, 1.807) is 6.92 Å². The summed E-state index contributed by atoms with van der Waals surface area (Å²) in [6.07, 6.45) is 0.566. The molecule has 2 unspecified atom stereocenters. The van der Waals surface area contributed by atoms with Crippen molar-refractivity contribution >= 4 is 11.9 Å². The third-order valence-corrected chi connectivity index (χ3v) is 2.37. The molecule has 0 aromatic heterocycles. The molecule has 0 aliphatic carbocycles. The molecular weight excluding hydrogens is 196 g/mol. The molecule has 0 heterocycles. The minimum atomic E-state index is -0.897. The highest BCUT2D eigenvalue weighted by atomic mass is 16.4. The van der Waals surface area contributed by atoms with Crippen LogP contribution in [0, 0.1) is 5.92 Å². The second-order valence-electron chi connectivity index (χ2n) is 3.63. The number of nitrogens with zero attached hydrogens (tertiary/aromatic N) is 1. The van der Waals surface area contributed by atoms with Gasteiger partial charge in [0.05, 0.1) is 12.0 Å². The van der Waals surface area contributed by atoms with Crippen LogP contribution >= 0.6 is 0 Å². The zero-order chi connectivity index (χ0) is 12.0. The highest BCUT2D eigenvalue weighted by molar-refractivity contribution is 5.82. The number of rotatable bonds is 6. The zero-order valence-electron chi connectivity index (χ0n) is 9.56. The van der Waals surface area contributed by atoms with Gasteiger partial charge in [0.25, 0.3) is 0 Å². The first kappa shape index (κ1) is 13.9. The molecule has 1 amide bonds. The van der Waals surface area contributed by atoms with Crippen LogP contribution < -0.4 is 5.73 Å². The van der Waals surface area contributed by atoms with Crippen molar-refractivity contribution < 1.29 is 14.7 Å². The zero-order valence-corrected chi connectivity index (χ0v) is 9.56. The Balaban J connectivity index is 4.36. The summed E-state index contributed by atoms with van der Waals surface area (Å²) in [4.78, 5) is 23.8. The second-order valence-corrected chi connectivity index (χ2v) is 3.63. The molecule has 5 heteroatoms. The van der Waals surface area contributed by atoms with E-state index < -0.39 is 17.9 Å². The van der Waals surface area contributed by atoms with Crippen molar-refractivity contribution in [2.45, 2.75) is 33.2 Å². The quantitative estimate of drug-likeness (QED) is 0.668. The Morgan fingerprint density at radius 2 is 1.93 bits per heavy atom. The van der Waals surface area contributed by atoms with Crippen molar-refractivity contribution in [1.29, 1.82) is 0 Å². The summed E-state index contributed by atoms with van der Waals surface area (Å²) in [5.41, 5.74) is 5.61. The fourth-order valence-electron chi connectivity index (χ4n) is 1.19. The third kappa shape index (κ3) is 4.29. The minimum Gasteiger partial charge on any atom is -0.481 e. The standard InChI is InChI=1S/C10H20N2O3/c1-4-8(11)9(13)12(5-2)6-7(3)10(14)15/h7-8H,4-6,11H2,1-3H3,(H,14,15). The summed E-state index contributed by atoms with van der Waals surface area (Å²) in [6, 6.07) is -0.522. The van der Waals surface area contributed by atoms with E-state index in [2.05, 4.69) is 0 Å². The van der Waals surface area contributed by atoms with Gasteiger partial charge in [-0.05, 0) is 13.3 Å². The van der Waals surface area contributed by atoms with Gasteiger partial charge in [0.2, 0.25) is 5.91 Å². The van der Waals surface area contributed by atoms with Crippen molar-refractivity contribution in [2.75, 3.05) is 13.1 Å². The number of aliphatic carboxylic acids is 1. The van der Waals surface area contributed by atoms with Crippen molar-refractivity contribution in [3.8, 4) is 0 Å². The lowest BCUT2D eigenvalue weighted by atomic mass is 10.1. The Hall–Kier alpha value is -1.10. The molecule has 0 saturated heterocycles. The smallest absolute Gasteiger partial charge is 0.308 e. The summed E-state index contributed by atoms with van der Waals surface area (Å²) >= 11 is 0. The molecule has 0 aliphatic heterocycles. The fourth-order valence-corrected chi connectivity index (χ4v) is 1.19. The fraction of sp³-hybridized carbons (Fsp3) is 0.800. The Labute approximate surface area is 90.2 Å². The monoisotopic (exact) mass is 216 g/mol. The number of hydrogen-bond donors (Lipinski definition) is 2. The predicted octanol–water partition coefficient (Wildman–Crippen LogP) is 0.293. The van der Waals surface area contributed by atoms with Crippen LogP contribution in [0.2, 0.25) is 0 Å². The van der Waals surface area contributed by atoms with Crippen LogP contribution in [0.1, 0.15) is 27.2 Å². The molecule has 0 aliphatic rings. The van der Waals surface area contributed by atoms with Gasteiger partial charge in [-0.2, -0.15) is 0 Å². The first-order chi connectivity index (χ1) is 6.93. The lowest BCUT2D eigenvalue weighted by Crippen LogP contribution is -2.45. The third-order valence-electron chi connectivity index (χ3n) is 2.37. The number of amides is 1. The summed E-state index contributed by atoms with van der Waals surface area (Å²) < 4.78 is 0. The Morgan fingerprint density at radius 1 is 1.40 bits per heavy atom. The van der Waals surface area contributed by atoms with Gasteiger partial charge in [-0.3, -0.25) is 9.59 Å². The topological polar surface area (TPSA) is 83.6 Å². The molecule has 2 atom stereocenters. The highest BCUT2D eigenvalue weighted by Crippen LogP contribution is 2.03. The largest absolute Gasteiger partial charge is 0.481 e. The van der Waals surface area contributed by atoms with Gasteiger partial charge < -0.3 is 15.7 Å². The molecule has 0 aromatic carbocycles. The predicted molar refractivity (Wildman–Crippen MR) is 57.3 cm³/mol. The van der Waals surface area contributed by atoms with E-state index in [-0.39, 0.29) is 12.5 Å². The van der Waals surface area contributed by atoms with Crippen molar-refractivity contribution in [2.24, 2.45) is 11.7 Å². The number of nitrogens with two attached hydrogens (primary N) is 1. The number of carbonyl (C=O) groups excluding carboxylic acids is 1. The lowest BCUT2D eigenvalue weighted by Gasteiger charge is -2.25. The highest BCUT2D eigenvalue weighted by Gasteiger charge is 2.22. The second kappa shape index (κ2) is 6.40. The number of likely N-dealkylation sites (N-methyl/N-ethyl adjacent to an activating group) is 1. The summed E-state index contributed by atoms with van der Waals surface area (Å²) in [6.45, 7) is 5.93. The maximum absolute atomic E-state index is 11.7. The molecule has 0 fully saturated rings. The van der Waals surface area contributed by atoms with Crippen molar-refractivity contribution in [3.63, 3.8) is 0 Å². The maximum atomic E-state index is 11.7. The van der Waals surface area contributed by atoms with Crippen LogP contribution in [-0.2, 0) is 9.59 Å². The van der Waals surface area contributed by atoms with Gasteiger partial charge in [-0.25, -0.2) is 0 Å². The van der Waals surface area contributed by atoms with Gasteiger partial charge in [-0.15, -0.1) is 0 Å². The number of carboxylic acids is 1. The summed E-state index contributed by atoms with van der Waals surface area (Å²) in [7, 11) is 0. The molecule has 0 bridgehead atoms. The number of hydrogen-bond acceptors (Lipinski definition) is 3. The van der Waals surface area contributed by atoms with E-state index in [1.165, 1.54) is 4.90 Å². The first-order valence-corrected chi connectivity index (χ1v) is 5.21. The molecule has 0 rings (SSSR count). The summed E-state index contributed by atoms with van der Waals surface area (Å²) in [5.74, 6) is -1.63. The number of carbonyl (C=O) groups is 2. The average Bonchev–Trinajstić information content (AvgIpc) is 2.23. The molecule has 5 nitrogen and oxygen atoms in total. The maximum Gasteiger partial charge on any atom is 0.308 e. The van der Waals surface area contributed by atoms with Crippen molar-refractivity contribution in [3.05, 3.63) is 0 Å². The van der Waals surface area contributed by atoms with E-state index in [0.29, 0.717) is 13.0 Å². The molecule has 0 aromatic rings. The van der Waals surface area contributed by atoms with Gasteiger partial charge in [-0.1, -0.05) is 13.8 Å². The van der Waals surface area contributed by atoms with Crippen LogP contribution in [0.4, 0.5) is 0 Å². The lowest BCUT2D eigenvalue weighted by molar-refractivity contribution is -0.143. The Bertz CT molecular complexity index is 231. The van der Waals surface area contributed by atoms with E-state index in [0.717, 1.165) is 0 Å². The van der Waals surface area contributed by atoms with Crippen molar-refractivity contribution in [1.82, 2.24) is 4.90 Å². The van der Waals surface area contributed by atoms with Gasteiger partial charge in [0.1, 0.15) is 0 Å². The van der Waals surface area contributed by atoms with Crippen LogP contribution in [0.3, 0.4) is 0 Å². The van der Waals surface area contributed by atoms with Gasteiger partial charge in [0, 0.05) is 13.1 Å². The van der Waals surface area contributed by atoms with E-state index >= 15 is 0 Å². The van der Waals surface area contributed by atoms with Gasteiger partial charge >= 0.3 is 5.97 Å². The van der Waals surface area contributed by atoms with Crippen LogP contribution in [0.15, 0.2) is 0 Å². The minimum absolute atomic E-state index is 0.173. The number of carboxylic acid groups (broad SMARTS) is 1. The molecule has 88 valence electrons. The molecule has 15 heavy (non-hydrogen) atoms. The normalized spacial score (nSPS) is 14.4. The molecule has 0 spiro atoms. The van der Waals surface area contributed by atoms with E-state index in [9.17, 15) is 9.59 Å². The van der Waals surface area contributed by atoms with Crippen LogP contribution in [-0.4, -0.2) is 41.0 Å². The van der Waals surface area contributed by atoms with Crippen LogP contribution in [0.5, 0.6) is 0 Å². The van der Waals surface area contributed by atoms with E-state index in [4.69, 9.17) is 10.8 Å². The van der Waals surface area contributed by atoms with Gasteiger partial charge in [0.15, 0.2) is 0 Å². The molecule has 0 radical (unpaired) electrons. The first-order valence-electron chi connectivity index (χ1n) is 5.21. The SMILES string of the molecule is CCC(N)C(=O)N(CC)CC(C)C(=O)O. The molecular formula is C10H20N2O3. The molecule has 3 N–H and O–H groups in total. The summed E-state index contributed by atoms with van der Waals surface area (Å²) in [5, 5.41) is 8.73. The van der Waals surface area contributed by atoms with E-state index in [1.807, 2.05) is 13.8 Å². The molecule has 0 saturated carbocycles.